The lowest BCUT2D eigenvalue weighted by molar-refractivity contribution is -0.142. The molecule has 0 bridgehead atoms. The molecule has 1 unspecified atom stereocenters. The SMILES string of the molecule is CC(CCC(=O)O)C(=O)O.CN(C)C. The summed E-state index contributed by atoms with van der Waals surface area (Å²) in [5.74, 6) is -2.45. The van der Waals surface area contributed by atoms with Crippen molar-refractivity contribution < 1.29 is 19.8 Å². The first-order valence-corrected chi connectivity index (χ1v) is 4.32. The number of carboxylic acids is 2. The van der Waals surface area contributed by atoms with Crippen molar-refractivity contribution in [1.29, 1.82) is 0 Å². The Morgan fingerprint density at radius 3 is 1.79 bits per heavy atom. The summed E-state index contributed by atoms with van der Waals surface area (Å²) in [4.78, 5) is 22.1. The van der Waals surface area contributed by atoms with Gasteiger partial charge in [-0.2, -0.15) is 0 Å². The van der Waals surface area contributed by atoms with Gasteiger partial charge in [-0.15, -0.1) is 0 Å². The normalized spacial score (nSPS) is 11.5. The highest BCUT2D eigenvalue weighted by Crippen LogP contribution is 2.04. The van der Waals surface area contributed by atoms with Crippen molar-refractivity contribution in [3.63, 3.8) is 0 Å². The highest BCUT2D eigenvalue weighted by atomic mass is 16.4. The van der Waals surface area contributed by atoms with Crippen LogP contribution in [0.5, 0.6) is 0 Å². The van der Waals surface area contributed by atoms with Gasteiger partial charge in [0.25, 0.3) is 0 Å². The third kappa shape index (κ3) is 17.1. The van der Waals surface area contributed by atoms with Gasteiger partial charge in [0.1, 0.15) is 0 Å². The van der Waals surface area contributed by atoms with Crippen molar-refractivity contribution in [1.82, 2.24) is 4.90 Å². The van der Waals surface area contributed by atoms with E-state index < -0.39 is 17.9 Å². The van der Waals surface area contributed by atoms with Gasteiger partial charge in [0, 0.05) is 6.42 Å². The highest BCUT2D eigenvalue weighted by Gasteiger charge is 2.11. The molecule has 0 amide bonds. The fourth-order valence-corrected chi connectivity index (χ4v) is 0.463. The van der Waals surface area contributed by atoms with Gasteiger partial charge in [0.15, 0.2) is 0 Å². The van der Waals surface area contributed by atoms with Crippen LogP contribution in [0.3, 0.4) is 0 Å². The molecule has 0 heterocycles. The van der Waals surface area contributed by atoms with Crippen molar-refractivity contribution in [2.75, 3.05) is 21.1 Å². The van der Waals surface area contributed by atoms with E-state index in [0.717, 1.165) is 0 Å². The molecule has 0 aromatic carbocycles. The van der Waals surface area contributed by atoms with Crippen molar-refractivity contribution >= 4 is 11.9 Å². The van der Waals surface area contributed by atoms with Crippen LogP contribution < -0.4 is 0 Å². The van der Waals surface area contributed by atoms with Gasteiger partial charge >= 0.3 is 11.9 Å². The molecular weight excluding hydrogens is 186 g/mol. The Labute approximate surface area is 84.3 Å². The van der Waals surface area contributed by atoms with E-state index in [-0.39, 0.29) is 12.8 Å². The highest BCUT2D eigenvalue weighted by molar-refractivity contribution is 5.71. The predicted octanol–water partition coefficient (Wildman–Crippen LogP) is 0.750. The van der Waals surface area contributed by atoms with Crippen LogP contribution in [0.4, 0.5) is 0 Å². The maximum absolute atomic E-state index is 10.1. The number of carboxylic acid groups (broad SMARTS) is 2. The van der Waals surface area contributed by atoms with E-state index in [2.05, 4.69) is 0 Å². The van der Waals surface area contributed by atoms with Crippen LogP contribution in [0.25, 0.3) is 0 Å². The van der Waals surface area contributed by atoms with Crippen LogP contribution >= 0.6 is 0 Å². The summed E-state index contributed by atoms with van der Waals surface area (Å²) in [6.45, 7) is 1.49. The summed E-state index contributed by atoms with van der Waals surface area (Å²) in [5, 5.41) is 16.5. The average molecular weight is 205 g/mol. The van der Waals surface area contributed by atoms with E-state index >= 15 is 0 Å². The molecule has 0 aliphatic carbocycles. The Bertz CT molecular complexity index is 177. The van der Waals surface area contributed by atoms with Gasteiger partial charge < -0.3 is 15.1 Å². The molecule has 2 N–H and O–H groups in total. The number of hydrogen-bond acceptors (Lipinski definition) is 3. The lowest BCUT2D eigenvalue weighted by Crippen LogP contribution is -2.11. The molecule has 1 atom stereocenters. The summed E-state index contributed by atoms with van der Waals surface area (Å²) in [6, 6.07) is 0. The van der Waals surface area contributed by atoms with Crippen molar-refractivity contribution in [2.24, 2.45) is 5.92 Å². The van der Waals surface area contributed by atoms with E-state index in [0.29, 0.717) is 0 Å². The van der Waals surface area contributed by atoms with Crippen LogP contribution in [0, 0.1) is 5.92 Å². The molecule has 14 heavy (non-hydrogen) atoms. The zero-order valence-electron chi connectivity index (χ0n) is 9.15. The number of aliphatic carboxylic acids is 2. The van der Waals surface area contributed by atoms with E-state index in [1.54, 1.807) is 0 Å². The third-order valence-electron chi connectivity index (χ3n) is 1.21. The summed E-state index contributed by atoms with van der Waals surface area (Å²) in [6.07, 6.45) is 0.123. The summed E-state index contributed by atoms with van der Waals surface area (Å²) < 4.78 is 0. The molecule has 0 fully saturated rings. The molecule has 0 rings (SSSR count). The molecule has 0 aliphatic heterocycles. The summed E-state index contributed by atoms with van der Waals surface area (Å²) in [5.41, 5.74) is 0. The molecule has 0 aliphatic rings. The minimum absolute atomic E-state index is 0.0759. The van der Waals surface area contributed by atoms with Crippen molar-refractivity contribution in [3.8, 4) is 0 Å². The number of rotatable bonds is 4. The Morgan fingerprint density at radius 1 is 1.21 bits per heavy atom. The molecule has 84 valence electrons. The number of hydrogen-bond donors (Lipinski definition) is 2. The van der Waals surface area contributed by atoms with Crippen LogP contribution in [-0.2, 0) is 9.59 Å². The Hall–Kier alpha value is -1.10. The number of nitrogens with zero attached hydrogens (tertiary/aromatic N) is 1. The molecule has 0 saturated carbocycles. The minimum atomic E-state index is -0.951. The maximum atomic E-state index is 10.1. The van der Waals surface area contributed by atoms with Gasteiger partial charge in [-0.05, 0) is 27.6 Å². The van der Waals surface area contributed by atoms with Gasteiger partial charge in [0.05, 0.1) is 5.92 Å². The quantitative estimate of drug-likeness (QED) is 0.708. The lowest BCUT2D eigenvalue weighted by atomic mass is 10.1. The van der Waals surface area contributed by atoms with Crippen LogP contribution in [0.2, 0.25) is 0 Å². The Balaban J connectivity index is 0. The molecule has 0 aromatic heterocycles. The Morgan fingerprint density at radius 2 is 1.57 bits per heavy atom. The average Bonchev–Trinajstić information content (AvgIpc) is 1.98. The molecule has 0 saturated heterocycles. The molecule has 0 aromatic rings. The van der Waals surface area contributed by atoms with E-state index in [1.165, 1.54) is 6.92 Å². The molecule has 5 nitrogen and oxygen atoms in total. The van der Waals surface area contributed by atoms with Gasteiger partial charge in [0.2, 0.25) is 0 Å². The number of carbonyl (C=O) groups is 2. The topological polar surface area (TPSA) is 77.8 Å². The second kappa shape index (κ2) is 8.50. The smallest absolute Gasteiger partial charge is 0.306 e. The fourth-order valence-electron chi connectivity index (χ4n) is 0.463. The summed E-state index contributed by atoms with van der Waals surface area (Å²) in [7, 11) is 6.00. The first-order chi connectivity index (χ1) is 6.27. The standard InChI is InChI=1S/C6H10O4.C3H9N/c1-4(6(9)10)2-3-5(7)8;1-4(2)3/h4H,2-3H2,1H3,(H,7,8)(H,9,10);1-3H3. The lowest BCUT2D eigenvalue weighted by Gasteiger charge is -2.01. The minimum Gasteiger partial charge on any atom is -0.481 e. The van der Waals surface area contributed by atoms with Gasteiger partial charge in [-0.3, -0.25) is 9.59 Å². The van der Waals surface area contributed by atoms with E-state index in [1.807, 2.05) is 26.0 Å². The van der Waals surface area contributed by atoms with Crippen molar-refractivity contribution in [3.05, 3.63) is 0 Å². The monoisotopic (exact) mass is 205 g/mol. The van der Waals surface area contributed by atoms with Crippen LogP contribution in [0.1, 0.15) is 19.8 Å². The van der Waals surface area contributed by atoms with Gasteiger partial charge in [-0.1, -0.05) is 6.92 Å². The first kappa shape index (κ1) is 15.4. The zero-order chi connectivity index (χ0) is 11.7. The zero-order valence-corrected chi connectivity index (χ0v) is 9.15. The van der Waals surface area contributed by atoms with Crippen LogP contribution in [0.15, 0.2) is 0 Å². The third-order valence-corrected chi connectivity index (χ3v) is 1.21. The van der Waals surface area contributed by atoms with Gasteiger partial charge in [-0.25, -0.2) is 0 Å². The Kier molecular flexibility index (Phi) is 9.33. The first-order valence-electron chi connectivity index (χ1n) is 4.32. The molecule has 0 spiro atoms. The molecule has 0 radical (unpaired) electrons. The predicted molar refractivity (Wildman–Crippen MR) is 53.3 cm³/mol. The maximum Gasteiger partial charge on any atom is 0.306 e. The second-order valence-corrected chi connectivity index (χ2v) is 3.51. The summed E-state index contributed by atoms with van der Waals surface area (Å²) >= 11 is 0. The van der Waals surface area contributed by atoms with E-state index in [4.69, 9.17) is 10.2 Å². The fraction of sp³-hybridized carbons (Fsp3) is 0.778. The van der Waals surface area contributed by atoms with E-state index in [9.17, 15) is 9.59 Å². The van der Waals surface area contributed by atoms with Crippen LogP contribution in [-0.4, -0.2) is 48.2 Å². The largest absolute Gasteiger partial charge is 0.481 e. The second-order valence-electron chi connectivity index (χ2n) is 3.51. The van der Waals surface area contributed by atoms with Crippen molar-refractivity contribution in [2.45, 2.75) is 19.8 Å². The molecule has 5 heteroatoms. The molecular formula is C9H19NO4.